The normalized spacial score (nSPS) is 14.4. The van der Waals surface area contributed by atoms with Crippen molar-refractivity contribution in [2.75, 3.05) is 39.6 Å². The maximum absolute atomic E-state index is 13.0. The molecule has 0 saturated heterocycles. The molecule has 0 rings (SSSR count). The van der Waals surface area contributed by atoms with E-state index in [2.05, 4.69) is 88.5 Å². The summed E-state index contributed by atoms with van der Waals surface area (Å²) in [5.41, 5.74) is 0. The van der Waals surface area contributed by atoms with Crippen LogP contribution in [-0.2, 0) is 65.4 Å². The van der Waals surface area contributed by atoms with Gasteiger partial charge in [-0.2, -0.15) is 0 Å². The van der Waals surface area contributed by atoms with Crippen molar-refractivity contribution >= 4 is 39.5 Å². The number of carbonyl (C=O) groups is 4. The predicted octanol–water partition coefficient (Wildman–Crippen LogP) is 20.3. The van der Waals surface area contributed by atoms with Gasteiger partial charge in [0.15, 0.2) is 12.2 Å². The van der Waals surface area contributed by atoms with E-state index in [1.54, 1.807) is 0 Å². The second kappa shape index (κ2) is 66.4. The van der Waals surface area contributed by atoms with Gasteiger partial charge in [-0.25, -0.2) is 9.13 Å². The Kier molecular flexibility index (Phi) is 64.0. The molecule has 0 aromatic carbocycles. The summed E-state index contributed by atoms with van der Waals surface area (Å²) in [5, 5.41) is 10.6. The molecule has 0 heterocycles. The minimum absolute atomic E-state index is 0.0840. The van der Waals surface area contributed by atoms with Crippen molar-refractivity contribution in [1.29, 1.82) is 0 Å². The number of ether oxygens (including phenoxy) is 4. The van der Waals surface area contributed by atoms with Crippen LogP contribution in [0.15, 0.2) is 60.8 Å². The minimum Gasteiger partial charge on any atom is -0.462 e. The zero-order valence-electron chi connectivity index (χ0n) is 58.2. The monoisotopic (exact) mass is 1340 g/mol. The van der Waals surface area contributed by atoms with Crippen molar-refractivity contribution in [3.05, 3.63) is 60.8 Å². The fourth-order valence-electron chi connectivity index (χ4n) is 9.86. The Morgan fingerprint density at radius 1 is 0.315 bits per heavy atom. The molecule has 0 aliphatic carbocycles. The van der Waals surface area contributed by atoms with Crippen molar-refractivity contribution in [3.63, 3.8) is 0 Å². The van der Waals surface area contributed by atoms with Crippen molar-refractivity contribution in [3.8, 4) is 0 Å². The minimum atomic E-state index is -4.97. The van der Waals surface area contributed by atoms with Crippen LogP contribution in [0.5, 0.6) is 0 Å². The molecule has 0 fully saturated rings. The van der Waals surface area contributed by atoms with Gasteiger partial charge >= 0.3 is 39.5 Å². The number of hydrogen-bond acceptors (Lipinski definition) is 15. The van der Waals surface area contributed by atoms with Crippen molar-refractivity contribution in [2.45, 2.75) is 341 Å². The summed E-state index contributed by atoms with van der Waals surface area (Å²) in [6, 6.07) is 0. The first-order chi connectivity index (χ1) is 44.7. The predicted molar refractivity (Wildman–Crippen MR) is 372 cm³/mol. The van der Waals surface area contributed by atoms with E-state index in [1.165, 1.54) is 96.3 Å². The lowest BCUT2D eigenvalue weighted by atomic mass is 10.0. The second-order valence-electron chi connectivity index (χ2n) is 24.5. The van der Waals surface area contributed by atoms with Crippen LogP contribution in [-0.4, -0.2) is 96.7 Å². The molecule has 19 heteroatoms. The van der Waals surface area contributed by atoms with Gasteiger partial charge in [0.1, 0.15) is 19.3 Å². The number of aliphatic hydroxyl groups is 1. The molecule has 536 valence electrons. The van der Waals surface area contributed by atoms with E-state index >= 15 is 0 Å². The molecular formula is C73H132O17P2. The second-order valence-corrected chi connectivity index (χ2v) is 27.4. The summed E-state index contributed by atoms with van der Waals surface area (Å²) < 4.78 is 68.3. The summed E-state index contributed by atoms with van der Waals surface area (Å²) in [4.78, 5) is 72.6. The van der Waals surface area contributed by atoms with Crippen molar-refractivity contribution < 1.29 is 80.2 Å². The Bertz CT molecular complexity index is 1990. The zero-order chi connectivity index (χ0) is 67.5. The van der Waals surface area contributed by atoms with Gasteiger partial charge < -0.3 is 33.8 Å². The summed E-state index contributed by atoms with van der Waals surface area (Å²) in [7, 11) is -9.93. The van der Waals surface area contributed by atoms with Gasteiger partial charge in [0.25, 0.3) is 0 Å². The number of unbranched alkanes of at least 4 members (excludes halogenated alkanes) is 33. The number of aliphatic hydroxyl groups excluding tert-OH is 1. The van der Waals surface area contributed by atoms with Crippen LogP contribution in [0.2, 0.25) is 0 Å². The Morgan fingerprint density at radius 2 is 0.576 bits per heavy atom. The first-order valence-electron chi connectivity index (χ1n) is 36.5. The fourth-order valence-corrected chi connectivity index (χ4v) is 11.4. The highest BCUT2D eigenvalue weighted by molar-refractivity contribution is 7.47. The highest BCUT2D eigenvalue weighted by Gasteiger charge is 2.30. The van der Waals surface area contributed by atoms with Gasteiger partial charge in [-0.15, -0.1) is 0 Å². The van der Waals surface area contributed by atoms with Crippen LogP contribution in [0.25, 0.3) is 0 Å². The standard InChI is InChI=1S/C73H132O17P2/c1-5-9-13-17-21-25-29-32-33-36-39-42-46-50-54-58-71(76)84-64-69(90-73(78)60-56-52-48-44-40-35-31-27-23-19-15-11-7-3)66-88-92(81,82)86-62-67(74)61-85-91(79,80)87-65-68(89-72(77)59-55-51-47-43-37-28-24-20-16-12-8-4)63-83-70(75)57-53-49-45-41-38-34-30-26-22-18-14-10-6-2/h9,13,20-21,24-25,27,31-33,67-69,74H,5-8,10-12,14-19,22-23,26,28-30,34-66H2,1-4H3,(H,79,80)(H,81,82)/b13-9-,24-20-,25-21-,31-27-,33-32-. The van der Waals surface area contributed by atoms with E-state index in [9.17, 15) is 43.2 Å². The quantitative estimate of drug-likeness (QED) is 0.0169. The Hall–Kier alpha value is -3.24. The van der Waals surface area contributed by atoms with Crippen molar-refractivity contribution in [2.24, 2.45) is 0 Å². The number of carbonyl (C=O) groups excluding carboxylic acids is 4. The summed E-state index contributed by atoms with van der Waals surface area (Å²) >= 11 is 0. The van der Waals surface area contributed by atoms with E-state index in [0.717, 1.165) is 148 Å². The molecule has 5 atom stereocenters. The van der Waals surface area contributed by atoms with Crippen LogP contribution in [0.3, 0.4) is 0 Å². The molecule has 0 saturated carbocycles. The van der Waals surface area contributed by atoms with Gasteiger partial charge in [-0.05, 0) is 103 Å². The molecule has 0 aromatic heterocycles. The number of phosphoric acid groups is 2. The van der Waals surface area contributed by atoms with Crippen LogP contribution >= 0.6 is 15.6 Å². The summed E-state index contributed by atoms with van der Waals surface area (Å²) in [5.74, 6) is -2.19. The molecule has 0 aliphatic rings. The Balaban J connectivity index is 5.31. The maximum atomic E-state index is 13.0. The topological polar surface area (TPSA) is 237 Å². The number of phosphoric ester groups is 2. The van der Waals surface area contributed by atoms with Gasteiger partial charge in [-0.1, -0.05) is 255 Å². The van der Waals surface area contributed by atoms with E-state index in [1.807, 2.05) is 0 Å². The van der Waals surface area contributed by atoms with Gasteiger partial charge in [0.05, 0.1) is 26.4 Å². The Labute approximate surface area is 559 Å². The average Bonchev–Trinajstić information content (AvgIpc) is 2.73. The van der Waals surface area contributed by atoms with Crippen LogP contribution in [0.1, 0.15) is 323 Å². The van der Waals surface area contributed by atoms with Gasteiger partial charge in [0, 0.05) is 25.7 Å². The molecule has 0 bridgehead atoms. The lowest BCUT2D eigenvalue weighted by Crippen LogP contribution is -2.30. The third kappa shape index (κ3) is 65.4. The highest BCUT2D eigenvalue weighted by Crippen LogP contribution is 2.45. The first-order valence-corrected chi connectivity index (χ1v) is 39.5. The van der Waals surface area contributed by atoms with E-state index in [0.29, 0.717) is 25.7 Å². The third-order valence-electron chi connectivity index (χ3n) is 15.5. The lowest BCUT2D eigenvalue weighted by Gasteiger charge is -2.21. The summed E-state index contributed by atoms with van der Waals surface area (Å²) in [6.45, 7) is 4.70. The number of rotatable bonds is 69. The SMILES string of the molecule is CC/C=C\C/C=C\C/C=C\CCCCCCCC(=O)OCC(COP(=O)(O)OCC(O)COP(=O)(O)OCC(COC(=O)CCCCCCCCCCCCCCC)OC(=O)CCCCCCC/C=C\CCCC)OC(=O)CCCCCCC/C=C\CCCCCC. The van der Waals surface area contributed by atoms with Crippen LogP contribution in [0.4, 0.5) is 0 Å². The highest BCUT2D eigenvalue weighted by atomic mass is 31.2. The largest absolute Gasteiger partial charge is 0.472 e. The molecular weight excluding hydrogens is 1210 g/mol. The first kappa shape index (κ1) is 88.8. The van der Waals surface area contributed by atoms with Crippen molar-refractivity contribution in [1.82, 2.24) is 0 Å². The fraction of sp³-hybridized carbons (Fsp3) is 0.808. The van der Waals surface area contributed by atoms with E-state index < -0.39 is 97.5 Å². The number of hydrogen-bond donors (Lipinski definition) is 3. The molecule has 0 aromatic rings. The smallest absolute Gasteiger partial charge is 0.462 e. The van der Waals surface area contributed by atoms with Crippen LogP contribution in [0, 0.1) is 0 Å². The van der Waals surface area contributed by atoms with Crippen LogP contribution < -0.4 is 0 Å². The number of allylic oxidation sites excluding steroid dienone is 10. The van der Waals surface area contributed by atoms with E-state index in [-0.39, 0.29) is 25.7 Å². The Morgan fingerprint density at radius 3 is 0.924 bits per heavy atom. The molecule has 0 radical (unpaired) electrons. The molecule has 0 spiro atoms. The lowest BCUT2D eigenvalue weighted by molar-refractivity contribution is -0.161. The summed E-state index contributed by atoms with van der Waals surface area (Å²) in [6.07, 6.45) is 62.3. The van der Waals surface area contributed by atoms with Gasteiger partial charge in [-0.3, -0.25) is 37.3 Å². The molecule has 5 unspecified atom stereocenters. The molecule has 17 nitrogen and oxygen atoms in total. The molecule has 0 aliphatic heterocycles. The average molecular weight is 1340 g/mol. The molecule has 0 amide bonds. The van der Waals surface area contributed by atoms with E-state index in [4.69, 9.17) is 37.0 Å². The third-order valence-corrected chi connectivity index (χ3v) is 17.4. The maximum Gasteiger partial charge on any atom is 0.472 e. The number of esters is 4. The molecule has 92 heavy (non-hydrogen) atoms. The molecule has 3 N–H and O–H groups in total. The zero-order valence-corrected chi connectivity index (χ0v) is 60.0. The van der Waals surface area contributed by atoms with Gasteiger partial charge in [0.2, 0.25) is 0 Å².